The van der Waals surface area contributed by atoms with Gasteiger partial charge in [-0.05, 0) is 0 Å². The molecule has 0 amide bonds. The van der Waals surface area contributed by atoms with E-state index in [-0.39, 0.29) is 11.7 Å². The van der Waals surface area contributed by atoms with Crippen molar-refractivity contribution in [3.8, 4) is 0 Å². The largest absolute Gasteiger partial charge is 0.481 e. The van der Waals surface area contributed by atoms with E-state index in [1.165, 1.54) is 17.1 Å². The van der Waals surface area contributed by atoms with E-state index < -0.39 is 11.9 Å². The molecular weight excluding hydrogens is 232 g/mol. The molecule has 0 aliphatic rings. The molecule has 84 valence electrons. The number of aliphatic carboxylic acids is 1. The first-order valence-electron chi connectivity index (χ1n) is 4.65. The molecule has 2 rings (SSSR count). The molecule has 2 aromatic heterocycles. The predicted molar refractivity (Wildman–Crippen MR) is 57.1 cm³/mol. The average Bonchev–Trinajstić information content (AvgIpc) is 2.61. The van der Waals surface area contributed by atoms with Crippen molar-refractivity contribution in [1.29, 1.82) is 0 Å². The number of fused-ring (bicyclic) bond motifs is 1. The SMILES string of the molecule is C[C@@H](Cn1ncc2ncc(Cl)nc21)C(=O)O. The molecule has 2 heterocycles. The van der Waals surface area contributed by atoms with Gasteiger partial charge < -0.3 is 5.11 Å². The number of hydrogen-bond donors (Lipinski definition) is 1. The van der Waals surface area contributed by atoms with Crippen molar-refractivity contribution in [3.05, 3.63) is 17.5 Å². The number of rotatable bonds is 3. The Morgan fingerprint density at radius 2 is 2.38 bits per heavy atom. The summed E-state index contributed by atoms with van der Waals surface area (Å²) in [5.41, 5.74) is 1.10. The van der Waals surface area contributed by atoms with E-state index in [2.05, 4.69) is 15.1 Å². The maximum Gasteiger partial charge on any atom is 0.308 e. The van der Waals surface area contributed by atoms with Gasteiger partial charge >= 0.3 is 5.97 Å². The summed E-state index contributed by atoms with van der Waals surface area (Å²) in [5.74, 6) is -1.41. The highest BCUT2D eigenvalue weighted by atomic mass is 35.5. The van der Waals surface area contributed by atoms with Crippen LogP contribution < -0.4 is 0 Å². The van der Waals surface area contributed by atoms with Crippen molar-refractivity contribution in [2.24, 2.45) is 5.92 Å². The van der Waals surface area contributed by atoms with Gasteiger partial charge in [-0.15, -0.1) is 0 Å². The highest BCUT2D eigenvalue weighted by Crippen LogP contribution is 2.13. The van der Waals surface area contributed by atoms with Crippen molar-refractivity contribution in [2.75, 3.05) is 0 Å². The van der Waals surface area contributed by atoms with Gasteiger partial charge in [0.2, 0.25) is 0 Å². The van der Waals surface area contributed by atoms with E-state index in [1.54, 1.807) is 6.92 Å². The maximum absolute atomic E-state index is 10.7. The molecule has 0 unspecified atom stereocenters. The first kappa shape index (κ1) is 10.8. The highest BCUT2D eigenvalue weighted by molar-refractivity contribution is 6.29. The van der Waals surface area contributed by atoms with Crippen LogP contribution in [0.5, 0.6) is 0 Å². The molecule has 6 nitrogen and oxygen atoms in total. The Morgan fingerprint density at radius 3 is 3.06 bits per heavy atom. The molecule has 0 aromatic carbocycles. The second kappa shape index (κ2) is 4.05. The van der Waals surface area contributed by atoms with Crippen LogP contribution in [0, 0.1) is 5.92 Å². The third-order valence-electron chi connectivity index (χ3n) is 2.18. The van der Waals surface area contributed by atoms with Crippen LogP contribution >= 0.6 is 11.6 Å². The minimum atomic E-state index is -0.876. The topological polar surface area (TPSA) is 80.9 Å². The molecule has 0 saturated carbocycles. The van der Waals surface area contributed by atoms with Gasteiger partial charge in [-0.25, -0.2) is 14.6 Å². The fraction of sp³-hybridized carbons (Fsp3) is 0.333. The molecule has 0 fully saturated rings. The van der Waals surface area contributed by atoms with Crippen molar-refractivity contribution < 1.29 is 9.90 Å². The molecule has 16 heavy (non-hydrogen) atoms. The fourth-order valence-corrected chi connectivity index (χ4v) is 1.43. The van der Waals surface area contributed by atoms with Crippen LogP contribution in [0.2, 0.25) is 5.15 Å². The van der Waals surface area contributed by atoms with E-state index in [0.717, 1.165) is 0 Å². The summed E-state index contributed by atoms with van der Waals surface area (Å²) in [6, 6.07) is 0. The number of nitrogens with zero attached hydrogens (tertiary/aromatic N) is 4. The fourth-order valence-electron chi connectivity index (χ4n) is 1.30. The Labute approximate surface area is 95.9 Å². The number of hydrogen-bond acceptors (Lipinski definition) is 4. The Hall–Kier alpha value is -1.69. The Morgan fingerprint density at radius 1 is 1.62 bits per heavy atom. The lowest BCUT2D eigenvalue weighted by Crippen LogP contribution is -2.17. The van der Waals surface area contributed by atoms with Crippen LogP contribution in [0.4, 0.5) is 0 Å². The average molecular weight is 241 g/mol. The summed E-state index contributed by atoms with van der Waals surface area (Å²) < 4.78 is 1.49. The zero-order valence-electron chi connectivity index (χ0n) is 8.46. The molecule has 0 aliphatic heterocycles. The quantitative estimate of drug-likeness (QED) is 0.872. The van der Waals surface area contributed by atoms with E-state index in [9.17, 15) is 4.79 Å². The summed E-state index contributed by atoms with van der Waals surface area (Å²) in [7, 11) is 0. The highest BCUT2D eigenvalue weighted by Gasteiger charge is 2.14. The normalized spacial score (nSPS) is 12.9. The molecule has 0 radical (unpaired) electrons. The lowest BCUT2D eigenvalue weighted by Gasteiger charge is -2.06. The molecule has 0 aliphatic carbocycles. The number of carboxylic acid groups (broad SMARTS) is 1. The summed E-state index contributed by atoms with van der Waals surface area (Å²) in [6.45, 7) is 1.85. The van der Waals surface area contributed by atoms with Crippen LogP contribution in [0.3, 0.4) is 0 Å². The van der Waals surface area contributed by atoms with Crippen molar-refractivity contribution in [1.82, 2.24) is 19.7 Å². The third kappa shape index (κ3) is 1.96. The summed E-state index contributed by atoms with van der Waals surface area (Å²) in [6.07, 6.45) is 2.96. The van der Waals surface area contributed by atoms with Gasteiger partial charge in [-0.1, -0.05) is 18.5 Å². The van der Waals surface area contributed by atoms with Gasteiger partial charge in [0.1, 0.15) is 10.7 Å². The third-order valence-corrected chi connectivity index (χ3v) is 2.37. The van der Waals surface area contributed by atoms with Crippen molar-refractivity contribution in [2.45, 2.75) is 13.5 Å². The molecular formula is C9H9ClN4O2. The van der Waals surface area contributed by atoms with Crippen LogP contribution in [0.25, 0.3) is 11.2 Å². The van der Waals surface area contributed by atoms with E-state index in [4.69, 9.17) is 16.7 Å². The van der Waals surface area contributed by atoms with E-state index >= 15 is 0 Å². The van der Waals surface area contributed by atoms with Crippen LogP contribution in [0.15, 0.2) is 12.4 Å². The Bertz CT molecular complexity index is 539. The summed E-state index contributed by atoms with van der Waals surface area (Å²) >= 11 is 5.72. The summed E-state index contributed by atoms with van der Waals surface area (Å²) in [4.78, 5) is 18.8. The molecule has 1 N–H and O–H groups in total. The monoisotopic (exact) mass is 240 g/mol. The molecule has 1 atom stereocenters. The minimum absolute atomic E-state index is 0.244. The molecule has 7 heteroatoms. The molecule has 2 aromatic rings. The predicted octanol–water partition coefficient (Wildman–Crippen LogP) is 1.20. The Balaban J connectivity index is 2.37. The lowest BCUT2D eigenvalue weighted by atomic mass is 10.2. The zero-order valence-corrected chi connectivity index (χ0v) is 9.22. The van der Waals surface area contributed by atoms with Crippen LogP contribution in [0.1, 0.15) is 6.92 Å². The van der Waals surface area contributed by atoms with Crippen LogP contribution in [-0.4, -0.2) is 30.8 Å². The Kier molecular flexibility index (Phi) is 2.74. The lowest BCUT2D eigenvalue weighted by molar-refractivity contribution is -0.141. The number of carboxylic acids is 1. The van der Waals surface area contributed by atoms with Gasteiger partial charge in [0, 0.05) is 0 Å². The standard InChI is InChI=1S/C9H9ClN4O2/c1-5(9(15)16)4-14-8-6(2-12-14)11-3-7(10)13-8/h2-3,5H,4H2,1H3,(H,15,16)/t5-/m0/s1. The van der Waals surface area contributed by atoms with Crippen molar-refractivity contribution >= 4 is 28.7 Å². The molecule has 0 spiro atoms. The smallest absolute Gasteiger partial charge is 0.308 e. The first-order chi connectivity index (χ1) is 7.58. The summed E-state index contributed by atoms with van der Waals surface area (Å²) in [5, 5.41) is 13.1. The zero-order chi connectivity index (χ0) is 11.7. The first-order valence-corrected chi connectivity index (χ1v) is 5.02. The second-order valence-corrected chi connectivity index (χ2v) is 3.85. The number of aromatic nitrogens is 4. The maximum atomic E-state index is 10.7. The van der Waals surface area contributed by atoms with Gasteiger partial charge in [-0.3, -0.25) is 4.79 Å². The van der Waals surface area contributed by atoms with E-state index in [0.29, 0.717) is 11.2 Å². The van der Waals surface area contributed by atoms with Crippen molar-refractivity contribution in [3.63, 3.8) is 0 Å². The van der Waals surface area contributed by atoms with Gasteiger partial charge in [0.15, 0.2) is 5.65 Å². The van der Waals surface area contributed by atoms with E-state index in [1.807, 2.05) is 0 Å². The number of carbonyl (C=O) groups is 1. The van der Waals surface area contributed by atoms with Gasteiger partial charge in [0.25, 0.3) is 0 Å². The molecule has 0 bridgehead atoms. The minimum Gasteiger partial charge on any atom is -0.481 e. The van der Waals surface area contributed by atoms with Gasteiger partial charge in [-0.2, -0.15) is 5.10 Å². The molecule has 0 saturated heterocycles. The second-order valence-electron chi connectivity index (χ2n) is 3.47. The number of halogens is 1. The van der Waals surface area contributed by atoms with Crippen LogP contribution in [-0.2, 0) is 11.3 Å². The van der Waals surface area contributed by atoms with Gasteiger partial charge in [0.05, 0.1) is 24.9 Å².